The highest BCUT2D eigenvalue weighted by molar-refractivity contribution is 5.21. The van der Waals surface area contributed by atoms with Gasteiger partial charge in [0, 0.05) is 0 Å². The molecule has 2 aliphatic carbocycles. The topological polar surface area (TPSA) is 0 Å². The van der Waals surface area contributed by atoms with Gasteiger partial charge in [0.05, 0.1) is 0 Å². The van der Waals surface area contributed by atoms with Crippen molar-refractivity contribution in [1.82, 2.24) is 0 Å². The fourth-order valence-corrected chi connectivity index (χ4v) is 1.99. The lowest BCUT2D eigenvalue weighted by molar-refractivity contribution is 0.545. The predicted octanol–water partition coefficient (Wildman–Crippen LogP) is 2.22. The monoisotopic (exact) mass is 108 g/mol. The van der Waals surface area contributed by atoms with E-state index in [2.05, 4.69) is 26.0 Å². The quantitative estimate of drug-likeness (QED) is 0.417. The summed E-state index contributed by atoms with van der Waals surface area (Å²) in [6.07, 6.45) is 6.04. The first kappa shape index (κ1) is 4.60. The van der Waals surface area contributed by atoms with Gasteiger partial charge in [0.2, 0.25) is 0 Å². The maximum absolute atomic E-state index is 2.38. The molecule has 2 unspecified atom stereocenters. The third-order valence-electron chi connectivity index (χ3n) is 2.87. The lowest BCUT2D eigenvalue weighted by Gasteiger charge is -2.00. The Bertz CT molecular complexity index is 142. The van der Waals surface area contributed by atoms with Crippen LogP contribution in [0.4, 0.5) is 0 Å². The normalized spacial score (nSPS) is 46.8. The Hall–Kier alpha value is -0.260. The molecular weight excluding hydrogens is 96.1 g/mol. The van der Waals surface area contributed by atoms with Crippen molar-refractivity contribution in [2.24, 2.45) is 17.3 Å². The van der Waals surface area contributed by atoms with Crippen molar-refractivity contribution >= 4 is 0 Å². The predicted molar refractivity (Wildman–Crippen MR) is 34.5 cm³/mol. The van der Waals surface area contributed by atoms with E-state index < -0.39 is 0 Å². The molecule has 44 valence electrons. The number of hydrogen-bond donors (Lipinski definition) is 0. The van der Waals surface area contributed by atoms with Crippen LogP contribution in [0.3, 0.4) is 0 Å². The van der Waals surface area contributed by atoms with E-state index in [1.807, 2.05) is 0 Å². The Morgan fingerprint density at radius 1 is 1.50 bits per heavy atom. The second kappa shape index (κ2) is 1.02. The van der Waals surface area contributed by atoms with Crippen LogP contribution < -0.4 is 0 Å². The smallest absolute Gasteiger partial charge is 0.0143 e. The van der Waals surface area contributed by atoms with Crippen LogP contribution in [0.5, 0.6) is 0 Å². The lowest BCUT2D eigenvalue weighted by Crippen LogP contribution is -1.90. The van der Waals surface area contributed by atoms with Crippen LogP contribution >= 0.6 is 0 Å². The number of allylic oxidation sites excluding steroid dienone is 2. The van der Waals surface area contributed by atoms with E-state index >= 15 is 0 Å². The highest BCUT2D eigenvalue weighted by atomic mass is 14.6. The molecule has 0 aromatic rings. The third kappa shape index (κ3) is 0.331. The fraction of sp³-hybridized carbons (Fsp3) is 0.750. The molecule has 2 aliphatic rings. The average Bonchev–Trinajstić information content (AvgIpc) is 2.22. The Labute approximate surface area is 50.6 Å². The summed E-state index contributed by atoms with van der Waals surface area (Å²) in [6, 6.07) is 0. The minimum Gasteiger partial charge on any atom is -0.0879 e. The van der Waals surface area contributed by atoms with E-state index in [0.29, 0.717) is 5.41 Å². The van der Waals surface area contributed by atoms with Crippen molar-refractivity contribution in [3.8, 4) is 0 Å². The summed E-state index contributed by atoms with van der Waals surface area (Å²) in [5.74, 6) is 1.96. The highest BCUT2D eigenvalue weighted by Gasteiger charge is 2.56. The Morgan fingerprint density at radius 3 is 2.50 bits per heavy atom. The second-order valence-electron chi connectivity index (χ2n) is 3.62. The SMILES string of the molecule is CC1(C)C2C=CCC21. The number of hydrogen-bond acceptors (Lipinski definition) is 0. The largest absolute Gasteiger partial charge is 0.0879 e. The molecule has 0 aromatic carbocycles. The fourth-order valence-electron chi connectivity index (χ4n) is 1.99. The van der Waals surface area contributed by atoms with Gasteiger partial charge in [-0.25, -0.2) is 0 Å². The van der Waals surface area contributed by atoms with Crippen LogP contribution in [0.1, 0.15) is 20.3 Å². The summed E-state index contributed by atoms with van der Waals surface area (Å²) in [5, 5.41) is 0. The molecule has 1 fully saturated rings. The Kier molecular flexibility index (Phi) is 0.588. The first-order valence-electron chi connectivity index (χ1n) is 3.39. The summed E-state index contributed by atoms with van der Waals surface area (Å²) < 4.78 is 0. The average molecular weight is 108 g/mol. The second-order valence-corrected chi connectivity index (χ2v) is 3.62. The molecule has 0 N–H and O–H groups in total. The van der Waals surface area contributed by atoms with Crippen molar-refractivity contribution in [3.63, 3.8) is 0 Å². The zero-order valence-electron chi connectivity index (χ0n) is 5.52. The molecule has 2 rings (SSSR count). The molecule has 0 heterocycles. The lowest BCUT2D eigenvalue weighted by atomic mass is 10.1. The molecule has 0 bridgehead atoms. The van der Waals surface area contributed by atoms with E-state index in [9.17, 15) is 0 Å². The van der Waals surface area contributed by atoms with E-state index in [1.165, 1.54) is 6.42 Å². The first-order valence-corrected chi connectivity index (χ1v) is 3.39. The van der Waals surface area contributed by atoms with Crippen molar-refractivity contribution in [2.75, 3.05) is 0 Å². The Balaban J connectivity index is 2.24. The zero-order chi connectivity index (χ0) is 5.78. The van der Waals surface area contributed by atoms with Gasteiger partial charge in [-0.05, 0) is 23.7 Å². The summed E-state index contributed by atoms with van der Waals surface area (Å²) in [7, 11) is 0. The van der Waals surface area contributed by atoms with Gasteiger partial charge in [-0.15, -0.1) is 0 Å². The molecule has 0 heteroatoms. The van der Waals surface area contributed by atoms with Gasteiger partial charge in [-0.2, -0.15) is 0 Å². The van der Waals surface area contributed by atoms with Crippen LogP contribution in [0, 0.1) is 17.3 Å². The third-order valence-corrected chi connectivity index (χ3v) is 2.87. The van der Waals surface area contributed by atoms with E-state index in [0.717, 1.165) is 11.8 Å². The molecule has 0 radical (unpaired) electrons. The van der Waals surface area contributed by atoms with Crippen LogP contribution in [-0.4, -0.2) is 0 Å². The number of rotatable bonds is 0. The molecule has 2 atom stereocenters. The minimum atomic E-state index is 0.675. The van der Waals surface area contributed by atoms with Crippen molar-refractivity contribution in [3.05, 3.63) is 12.2 Å². The standard InChI is InChI=1S/C8H12/c1-8(2)6-4-3-5-7(6)8/h3-4,6-7H,5H2,1-2H3. The van der Waals surface area contributed by atoms with Crippen LogP contribution in [-0.2, 0) is 0 Å². The maximum atomic E-state index is 2.38. The molecule has 0 amide bonds. The summed E-state index contributed by atoms with van der Waals surface area (Å²) in [5.41, 5.74) is 0.675. The molecule has 0 aliphatic heterocycles. The van der Waals surface area contributed by atoms with Gasteiger partial charge >= 0.3 is 0 Å². The van der Waals surface area contributed by atoms with Gasteiger partial charge in [0.25, 0.3) is 0 Å². The van der Waals surface area contributed by atoms with E-state index in [1.54, 1.807) is 0 Å². The summed E-state index contributed by atoms with van der Waals surface area (Å²) in [4.78, 5) is 0. The van der Waals surface area contributed by atoms with Crippen LogP contribution in [0.15, 0.2) is 12.2 Å². The van der Waals surface area contributed by atoms with Gasteiger partial charge in [-0.3, -0.25) is 0 Å². The summed E-state index contributed by atoms with van der Waals surface area (Å²) in [6.45, 7) is 4.73. The maximum Gasteiger partial charge on any atom is -0.0143 e. The number of fused-ring (bicyclic) bond motifs is 1. The van der Waals surface area contributed by atoms with Crippen molar-refractivity contribution < 1.29 is 0 Å². The minimum absolute atomic E-state index is 0.675. The van der Waals surface area contributed by atoms with Gasteiger partial charge < -0.3 is 0 Å². The summed E-state index contributed by atoms with van der Waals surface area (Å²) >= 11 is 0. The van der Waals surface area contributed by atoms with Gasteiger partial charge in [0.15, 0.2) is 0 Å². The van der Waals surface area contributed by atoms with Gasteiger partial charge in [-0.1, -0.05) is 26.0 Å². The molecule has 0 saturated heterocycles. The Morgan fingerprint density at radius 2 is 2.25 bits per heavy atom. The van der Waals surface area contributed by atoms with E-state index in [4.69, 9.17) is 0 Å². The molecule has 0 nitrogen and oxygen atoms in total. The molecule has 0 spiro atoms. The van der Waals surface area contributed by atoms with Gasteiger partial charge in [0.1, 0.15) is 0 Å². The molecular formula is C8H12. The van der Waals surface area contributed by atoms with Crippen LogP contribution in [0.2, 0.25) is 0 Å². The molecule has 1 saturated carbocycles. The zero-order valence-corrected chi connectivity index (χ0v) is 5.52. The van der Waals surface area contributed by atoms with Crippen LogP contribution in [0.25, 0.3) is 0 Å². The van der Waals surface area contributed by atoms with Crippen molar-refractivity contribution in [1.29, 1.82) is 0 Å². The first-order chi connectivity index (χ1) is 3.73. The van der Waals surface area contributed by atoms with Crippen molar-refractivity contribution in [2.45, 2.75) is 20.3 Å². The molecule has 8 heavy (non-hydrogen) atoms. The van der Waals surface area contributed by atoms with E-state index in [-0.39, 0.29) is 0 Å². The molecule has 0 aromatic heterocycles. The highest BCUT2D eigenvalue weighted by Crippen LogP contribution is 2.63.